The van der Waals surface area contributed by atoms with Crippen LogP contribution in [0.1, 0.15) is 24.0 Å². The topological polar surface area (TPSA) is 37.4 Å². The number of rotatable bonds is 6. The molecule has 1 unspecified atom stereocenters. The Hall–Kier alpha value is -0.490. The molecule has 5 heteroatoms. The van der Waals surface area contributed by atoms with E-state index in [0.717, 1.165) is 39.3 Å². The lowest BCUT2D eigenvalue weighted by atomic mass is 10.2. The van der Waals surface area contributed by atoms with E-state index >= 15 is 0 Å². The predicted octanol–water partition coefficient (Wildman–Crippen LogP) is 1.47. The first kappa shape index (κ1) is 13.0. The lowest BCUT2D eigenvalue weighted by Crippen LogP contribution is -2.31. The summed E-state index contributed by atoms with van der Waals surface area (Å²) >= 11 is 1.74. The van der Waals surface area contributed by atoms with Gasteiger partial charge in [-0.3, -0.25) is 4.90 Å². The summed E-state index contributed by atoms with van der Waals surface area (Å²) in [5, 5.41) is 6.64. The second kappa shape index (κ2) is 6.44. The van der Waals surface area contributed by atoms with Crippen LogP contribution in [0.25, 0.3) is 0 Å². The molecule has 1 saturated heterocycles. The molecule has 1 fully saturated rings. The zero-order valence-electron chi connectivity index (χ0n) is 10.6. The highest BCUT2D eigenvalue weighted by Crippen LogP contribution is 2.16. The molecule has 1 aliphatic rings. The summed E-state index contributed by atoms with van der Waals surface area (Å²) in [6.45, 7) is 6.69. The molecule has 1 aromatic heterocycles. The third-order valence-electron chi connectivity index (χ3n) is 3.07. The van der Waals surface area contributed by atoms with Gasteiger partial charge in [0.25, 0.3) is 0 Å². The molecule has 1 aromatic rings. The van der Waals surface area contributed by atoms with E-state index in [0.29, 0.717) is 6.04 Å². The fraction of sp³-hybridized carbons (Fsp3) is 0.750. The van der Waals surface area contributed by atoms with E-state index in [4.69, 9.17) is 4.74 Å². The maximum atomic E-state index is 5.40. The predicted molar refractivity (Wildman–Crippen MR) is 70.2 cm³/mol. The molecule has 0 aliphatic carbocycles. The van der Waals surface area contributed by atoms with Gasteiger partial charge in [0.2, 0.25) is 0 Å². The van der Waals surface area contributed by atoms with E-state index in [1.165, 1.54) is 10.7 Å². The Labute approximate surface area is 107 Å². The first-order valence-electron chi connectivity index (χ1n) is 6.21. The van der Waals surface area contributed by atoms with Crippen LogP contribution in [0.15, 0.2) is 5.38 Å². The van der Waals surface area contributed by atoms with E-state index in [1.807, 2.05) is 0 Å². The summed E-state index contributed by atoms with van der Waals surface area (Å²) in [4.78, 5) is 6.98. The van der Waals surface area contributed by atoms with Crippen LogP contribution < -0.4 is 5.32 Å². The van der Waals surface area contributed by atoms with Crippen molar-refractivity contribution in [1.29, 1.82) is 0 Å². The van der Waals surface area contributed by atoms with E-state index < -0.39 is 0 Å². The number of likely N-dealkylation sites (N-methyl/N-ethyl adjacent to an activating group) is 1. The van der Waals surface area contributed by atoms with Crippen molar-refractivity contribution in [3.63, 3.8) is 0 Å². The Bertz CT molecular complexity index is 336. The number of thiazole rings is 1. The molecule has 0 radical (unpaired) electrons. The Morgan fingerprint density at radius 1 is 1.65 bits per heavy atom. The quantitative estimate of drug-likeness (QED) is 0.835. The molecular formula is C12H21N3OS. The minimum absolute atomic E-state index is 0.564. The summed E-state index contributed by atoms with van der Waals surface area (Å²) in [6.07, 6.45) is 1.14. The van der Waals surface area contributed by atoms with E-state index in [-0.39, 0.29) is 0 Å². The lowest BCUT2D eigenvalue weighted by molar-refractivity contribution is 0.156. The van der Waals surface area contributed by atoms with Crippen molar-refractivity contribution >= 4 is 11.3 Å². The smallest absolute Gasteiger partial charge is 0.107 e. The Kier molecular flexibility index (Phi) is 4.91. The fourth-order valence-corrected chi connectivity index (χ4v) is 2.74. The van der Waals surface area contributed by atoms with Gasteiger partial charge in [0, 0.05) is 31.1 Å². The van der Waals surface area contributed by atoms with Crippen molar-refractivity contribution in [2.45, 2.75) is 32.5 Å². The van der Waals surface area contributed by atoms with Crippen molar-refractivity contribution in [3.8, 4) is 0 Å². The Morgan fingerprint density at radius 3 is 3.24 bits per heavy atom. The van der Waals surface area contributed by atoms with Crippen molar-refractivity contribution in [1.82, 2.24) is 15.2 Å². The van der Waals surface area contributed by atoms with Crippen LogP contribution in [0.2, 0.25) is 0 Å². The lowest BCUT2D eigenvalue weighted by Gasteiger charge is -2.21. The van der Waals surface area contributed by atoms with Gasteiger partial charge in [-0.25, -0.2) is 4.98 Å². The number of hydrogen-bond acceptors (Lipinski definition) is 5. The highest BCUT2D eigenvalue weighted by molar-refractivity contribution is 7.09. The van der Waals surface area contributed by atoms with Gasteiger partial charge in [-0.05, 0) is 20.0 Å². The molecule has 0 spiro atoms. The molecule has 1 aliphatic heterocycles. The summed E-state index contributed by atoms with van der Waals surface area (Å²) < 4.78 is 5.40. The number of nitrogens with one attached hydrogen (secondary N) is 1. The number of hydrogen-bond donors (Lipinski definition) is 1. The van der Waals surface area contributed by atoms with Gasteiger partial charge >= 0.3 is 0 Å². The van der Waals surface area contributed by atoms with E-state index in [2.05, 4.69) is 34.6 Å². The van der Waals surface area contributed by atoms with E-state index in [9.17, 15) is 0 Å². The molecule has 0 aromatic carbocycles. The average molecular weight is 255 g/mol. The van der Waals surface area contributed by atoms with Gasteiger partial charge in [0.05, 0.1) is 12.3 Å². The monoisotopic (exact) mass is 255 g/mol. The minimum atomic E-state index is 0.564. The third-order valence-corrected chi connectivity index (χ3v) is 3.96. The number of ether oxygens (including phenoxy) is 1. The zero-order chi connectivity index (χ0) is 12.1. The molecule has 17 heavy (non-hydrogen) atoms. The molecule has 0 saturated carbocycles. The van der Waals surface area contributed by atoms with Gasteiger partial charge in [-0.15, -0.1) is 11.3 Å². The van der Waals surface area contributed by atoms with Crippen molar-refractivity contribution < 1.29 is 4.74 Å². The second-order valence-electron chi connectivity index (χ2n) is 4.45. The molecular weight excluding hydrogens is 234 g/mol. The normalized spacial score (nSPS) is 20.3. The first-order chi connectivity index (χ1) is 8.29. The number of aromatic nitrogens is 1. The van der Waals surface area contributed by atoms with Gasteiger partial charge in [-0.1, -0.05) is 6.92 Å². The van der Waals surface area contributed by atoms with E-state index in [1.54, 1.807) is 11.3 Å². The molecule has 96 valence electrons. The highest BCUT2D eigenvalue weighted by Gasteiger charge is 2.20. The molecule has 0 amide bonds. The maximum absolute atomic E-state index is 5.40. The summed E-state index contributed by atoms with van der Waals surface area (Å²) in [5.74, 6) is 0. The van der Waals surface area contributed by atoms with Crippen LogP contribution in [0.3, 0.4) is 0 Å². The molecule has 1 atom stereocenters. The van der Waals surface area contributed by atoms with Crippen LogP contribution in [0.4, 0.5) is 0 Å². The van der Waals surface area contributed by atoms with Gasteiger partial charge < -0.3 is 10.1 Å². The molecule has 0 bridgehead atoms. The van der Waals surface area contributed by atoms with Crippen molar-refractivity contribution in [2.24, 2.45) is 0 Å². The zero-order valence-corrected chi connectivity index (χ0v) is 11.4. The van der Waals surface area contributed by atoms with Gasteiger partial charge in [0.15, 0.2) is 0 Å². The molecule has 2 rings (SSSR count). The molecule has 4 nitrogen and oxygen atoms in total. The Balaban J connectivity index is 1.83. The van der Waals surface area contributed by atoms with Crippen LogP contribution in [0.5, 0.6) is 0 Å². The third kappa shape index (κ3) is 3.74. The Morgan fingerprint density at radius 2 is 2.53 bits per heavy atom. The maximum Gasteiger partial charge on any atom is 0.107 e. The summed E-state index contributed by atoms with van der Waals surface area (Å²) in [5.41, 5.74) is 1.18. The SMILES string of the molecule is CCNCc1nc(CN(C)C2CCOC2)cs1. The number of nitrogens with zero attached hydrogens (tertiary/aromatic N) is 2. The highest BCUT2D eigenvalue weighted by atomic mass is 32.1. The van der Waals surface area contributed by atoms with Gasteiger partial charge in [-0.2, -0.15) is 0 Å². The average Bonchev–Trinajstić information content (AvgIpc) is 2.97. The van der Waals surface area contributed by atoms with Crippen molar-refractivity contribution in [3.05, 3.63) is 16.1 Å². The summed E-state index contributed by atoms with van der Waals surface area (Å²) in [6, 6.07) is 0.564. The fourth-order valence-electron chi connectivity index (χ4n) is 1.99. The van der Waals surface area contributed by atoms with Crippen LogP contribution in [-0.4, -0.2) is 42.7 Å². The van der Waals surface area contributed by atoms with Crippen LogP contribution >= 0.6 is 11.3 Å². The minimum Gasteiger partial charge on any atom is -0.380 e. The summed E-state index contributed by atoms with van der Waals surface area (Å²) in [7, 11) is 2.16. The van der Waals surface area contributed by atoms with Gasteiger partial charge in [0.1, 0.15) is 5.01 Å². The molecule has 1 N–H and O–H groups in total. The van der Waals surface area contributed by atoms with Crippen molar-refractivity contribution in [2.75, 3.05) is 26.8 Å². The second-order valence-corrected chi connectivity index (χ2v) is 5.39. The first-order valence-corrected chi connectivity index (χ1v) is 7.09. The largest absolute Gasteiger partial charge is 0.380 e. The molecule has 2 heterocycles. The standard InChI is InChI=1S/C12H21N3OS/c1-3-13-6-12-14-10(9-17-12)7-15(2)11-4-5-16-8-11/h9,11,13H,3-8H2,1-2H3. The van der Waals surface area contributed by atoms with Crippen LogP contribution in [0, 0.1) is 0 Å². The van der Waals surface area contributed by atoms with Crippen LogP contribution in [-0.2, 0) is 17.8 Å².